The summed E-state index contributed by atoms with van der Waals surface area (Å²) in [7, 11) is 0. The van der Waals surface area contributed by atoms with Crippen molar-refractivity contribution in [2.75, 3.05) is 39.6 Å². The largest absolute Gasteiger partial charge is 0.493 e. The Morgan fingerprint density at radius 1 is 0.522 bits per heavy atom. The van der Waals surface area contributed by atoms with Crippen LogP contribution in [-0.2, 0) is 9.47 Å². The van der Waals surface area contributed by atoms with Gasteiger partial charge in [-0.3, -0.25) is 0 Å². The molecule has 2 unspecified atom stereocenters. The number of benzene rings is 1. The van der Waals surface area contributed by atoms with Gasteiger partial charge in [-0.2, -0.15) is 0 Å². The van der Waals surface area contributed by atoms with Crippen LogP contribution in [0.1, 0.15) is 164 Å². The molecular weight excluding hydrogens is 584 g/mol. The highest BCUT2D eigenvalue weighted by Gasteiger charge is 2.21. The van der Waals surface area contributed by atoms with Crippen LogP contribution in [-0.4, -0.2) is 61.8 Å². The number of rotatable bonds is 32. The number of hydrogen-bond acceptors (Lipinski definition) is 6. The lowest BCUT2D eigenvalue weighted by Gasteiger charge is -2.14. The van der Waals surface area contributed by atoms with Gasteiger partial charge in [-0.15, -0.1) is 0 Å². The van der Waals surface area contributed by atoms with Gasteiger partial charge >= 0.3 is 11.9 Å². The first-order valence-electron chi connectivity index (χ1n) is 18.4. The molecule has 0 amide bonds. The fourth-order valence-corrected chi connectivity index (χ4v) is 5.04. The summed E-state index contributed by atoms with van der Waals surface area (Å²) in [6, 6.07) is 2.59. The third-order valence-corrected chi connectivity index (χ3v) is 8.62. The molecule has 0 saturated heterocycles. The molecule has 2 N–H and O–H groups in total. The van der Waals surface area contributed by atoms with Crippen molar-refractivity contribution in [2.24, 2.45) is 11.8 Å². The van der Waals surface area contributed by atoms with Crippen molar-refractivity contribution >= 4 is 11.9 Å². The SMILES string of the molecule is CCC(C)COCCCCCCCCCCOc1cc(C(=O)O)c(OCCCCCCCCCCOCC(C)CC)cc1C(=O)O. The number of carboxylic acid groups (broad SMARTS) is 2. The lowest BCUT2D eigenvalue weighted by Crippen LogP contribution is -2.10. The van der Waals surface area contributed by atoms with Crippen LogP contribution in [0.15, 0.2) is 12.1 Å². The van der Waals surface area contributed by atoms with Crippen LogP contribution < -0.4 is 9.47 Å². The first-order valence-corrected chi connectivity index (χ1v) is 18.4. The Morgan fingerprint density at radius 3 is 1.09 bits per heavy atom. The zero-order chi connectivity index (χ0) is 33.8. The minimum atomic E-state index is -1.16. The molecule has 46 heavy (non-hydrogen) atoms. The molecule has 1 aromatic carbocycles. The number of carboxylic acids is 2. The number of hydrogen-bond donors (Lipinski definition) is 2. The van der Waals surface area contributed by atoms with Gasteiger partial charge < -0.3 is 29.2 Å². The van der Waals surface area contributed by atoms with Crippen LogP contribution in [0.5, 0.6) is 11.5 Å². The summed E-state index contributed by atoms with van der Waals surface area (Å²) in [6.07, 6.45) is 19.9. The maximum absolute atomic E-state index is 11.9. The third-order valence-electron chi connectivity index (χ3n) is 8.62. The molecule has 0 aliphatic carbocycles. The first-order chi connectivity index (χ1) is 22.3. The molecule has 8 nitrogen and oxygen atoms in total. The van der Waals surface area contributed by atoms with Gasteiger partial charge in [0.1, 0.15) is 22.6 Å². The third kappa shape index (κ3) is 20.7. The summed E-state index contributed by atoms with van der Waals surface area (Å²) >= 11 is 0. The Hall–Kier alpha value is -2.32. The van der Waals surface area contributed by atoms with Crippen LogP contribution in [0, 0.1) is 11.8 Å². The van der Waals surface area contributed by atoms with E-state index in [1.807, 2.05) is 0 Å². The Bertz CT molecular complexity index is 844. The van der Waals surface area contributed by atoms with E-state index < -0.39 is 11.9 Å². The molecule has 0 aromatic heterocycles. The van der Waals surface area contributed by atoms with Crippen LogP contribution in [0.3, 0.4) is 0 Å². The number of unbranched alkanes of at least 4 members (excludes halogenated alkanes) is 14. The van der Waals surface area contributed by atoms with Gasteiger partial charge in [-0.05, 0) is 49.7 Å². The monoisotopic (exact) mass is 650 g/mol. The maximum Gasteiger partial charge on any atom is 0.339 e. The highest BCUT2D eigenvalue weighted by atomic mass is 16.5. The molecule has 0 bridgehead atoms. The summed E-state index contributed by atoms with van der Waals surface area (Å²) in [4.78, 5) is 23.9. The van der Waals surface area contributed by atoms with Crippen molar-refractivity contribution in [1.82, 2.24) is 0 Å². The van der Waals surface area contributed by atoms with Gasteiger partial charge in [-0.1, -0.05) is 118 Å². The van der Waals surface area contributed by atoms with Gasteiger partial charge in [0.05, 0.1) is 13.2 Å². The first kappa shape index (κ1) is 41.7. The molecule has 0 spiro atoms. The van der Waals surface area contributed by atoms with Crippen molar-refractivity contribution in [3.63, 3.8) is 0 Å². The molecule has 0 fully saturated rings. The second kappa shape index (κ2) is 27.8. The quantitative estimate of drug-likeness (QED) is 0.0741. The lowest BCUT2D eigenvalue weighted by molar-refractivity contribution is 0.0672. The number of aromatic carboxylic acids is 2. The molecule has 1 aromatic rings. The van der Waals surface area contributed by atoms with Crippen LogP contribution in [0.4, 0.5) is 0 Å². The van der Waals surface area contributed by atoms with E-state index in [0.29, 0.717) is 25.0 Å². The molecule has 8 heteroatoms. The second-order valence-electron chi connectivity index (χ2n) is 13.0. The van der Waals surface area contributed by atoms with E-state index in [9.17, 15) is 19.8 Å². The fraction of sp³-hybridized carbons (Fsp3) is 0.789. The molecule has 0 saturated carbocycles. The molecule has 2 atom stereocenters. The Balaban J connectivity index is 2.26. The zero-order valence-corrected chi connectivity index (χ0v) is 29.6. The normalized spacial score (nSPS) is 12.6. The Kier molecular flexibility index (Phi) is 25.2. The fourth-order valence-electron chi connectivity index (χ4n) is 5.04. The highest BCUT2D eigenvalue weighted by Crippen LogP contribution is 2.30. The number of carbonyl (C=O) groups is 2. The van der Waals surface area contributed by atoms with Crippen molar-refractivity contribution in [2.45, 2.75) is 143 Å². The van der Waals surface area contributed by atoms with Crippen molar-refractivity contribution < 1.29 is 38.7 Å². The van der Waals surface area contributed by atoms with E-state index in [1.165, 1.54) is 50.7 Å². The number of ether oxygens (including phenoxy) is 4. The molecule has 0 aliphatic rings. The van der Waals surface area contributed by atoms with Gasteiger partial charge in [-0.25, -0.2) is 9.59 Å². The van der Waals surface area contributed by atoms with Crippen LogP contribution in [0.2, 0.25) is 0 Å². The molecule has 0 heterocycles. The molecule has 0 radical (unpaired) electrons. The molecule has 266 valence electrons. The predicted molar refractivity (Wildman–Crippen MR) is 186 cm³/mol. The summed E-state index contributed by atoms with van der Waals surface area (Å²) in [6.45, 7) is 12.9. The van der Waals surface area contributed by atoms with E-state index in [1.54, 1.807) is 0 Å². The minimum Gasteiger partial charge on any atom is -0.493 e. The molecule has 0 aliphatic heterocycles. The van der Waals surface area contributed by atoms with Crippen LogP contribution in [0.25, 0.3) is 0 Å². The summed E-state index contributed by atoms with van der Waals surface area (Å²) in [5, 5.41) is 19.5. The van der Waals surface area contributed by atoms with Crippen molar-refractivity contribution in [3.05, 3.63) is 23.3 Å². The van der Waals surface area contributed by atoms with Gasteiger partial charge in [0.2, 0.25) is 0 Å². The van der Waals surface area contributed by atoms with E-state index in [-0.39, 0.29) is 22.6 Å². The van der Waals surface area contributed by atoms with Gasteiger partial charge in [0.15, 0.2) is 0 Å². The van der Waals surface area contributed by atoms with Gasteiger partial charge in [0.25, 0.3) is 0 Å². The Morgan fingerprint density at radius 2 is 0.804 bits per heavy atom. The highest BCUT2D eigenvalue weighted by molar-refractivity contribution is 5.97. The predicted octanol–water partition coefficient (Wildman–Crippen LogP) is 10.2. The van der Waals surface area contributed by atoms with E-state index >= 15 is 0 Å². The zero-order valence-electron chi connectivity index (χ0n) is 29.6. The summed E-state index contributed by atoms with van der Waals surface area (Å²) in [5.41, 5.74) is -0.142. The lowest BCUT2D eigenvalue weighted by atomic mass is 10.1. The summed E-state index contributed by atoms with van der Waals surface area (Å²) < 4.78 is 22.9. The van der Waals surface area contributed by atoms with E-state index in [0.717, 1.165) is 103 Å². The maximum atomic E-state index is 11.9. The smallest absolute Gasteiger partial charge is 0.339 e. The Labute approximate surface area is 279 Å². The summed E-state index contributed by atoms with van der Waals surface area (Å²) in [5.74, 6) is -0.894. The van der Waals surface area contributed by atoms with Crippen molar-refractivity contribution in [1.29, 1.82) is 0 Å². The van der Waals surface area contributed by atoms with Crippen LogP contribution >= 0.6 is 0 Å². The van der Waals surface area contributed by atoms with Crippen molar-refractivity contribution in [3.8, 4) is 11.5 Å². The van der Waals surface area contributed by atoms with E-state index in [4.69, 9.17) is 18.9 Å². The molecular formula is C38H66O8. The molecule has 1 rings (SSSR count). The van der Waals surface area contributed by atoms with Gasteiger partial charge in [0, 0.05) is 26.4 Å². The second-order valence-corrected chi connectivity index (χ2v) is 13.0. The van der Waals surface area contributed by atoms with E-state index in [2.05, 4.69) is 27.7 Å². The average molecular weight is 651 g/mol. The minimum absolute atomic E-state index is 0.0709. The average Bonchev–Trinajstić information content (AvgIpc) is 3.04. The topological polar surface area (TPSA) is 112 Å². The standard InChI is InChI=1S/C38H66O8/c1-5-31(3)29-43-23-19-15-11-7-9-13-17-21-25-45-35-27-34(38(41)42)36(28-33(35)37(39)40)46-26-22-18-14-10-8-12-16-20-24-44-30-32(4)6-2/h27-28,31-32H,5-26,29-30H2,1-4H3,(H,39,40)(H,41,42).